The number of aliphatic hydroxyl groups excluding tert-OH is 1. The number of benzene rings is 7. The normalized spacial score (nSPS) is 17.7. The number of hydrogen-bond acceptors (Lipinski definition) is 3. The van der Waals surface area contributed by atoms with Gasteiger partial charge < -0.3 is 10.0 Å². The molecule has 7 aromatic rings. The van der Waals surface area contributed by atoms with Gasteiger partial charge in [-0.05, 0) is 115 Å². The summed E-state index contributed by atoms with van der Waals surface area (Å²) in [5.74, 6) is -0.111. The first-order valence-electron chi connectivity index (χ1n) is 18.5. The Kier molecular flexibility index (Phi) is 6.72. The molecule has 0 saturated heterocycles. The average Bonchev–Trinajstić information content (AvgIpc) is 3.66. The standard InChI is InChI=1S/C50H39NO2/c1-49(2)43-15-9-7-11-36(43)38-23-21-34(28-45(38)49)51(35-22-24-39-37-12-8-10-16-44(37)50(3,4)46(39)29-35)33-20-19-31-25-30(17-18-32(31)27-33)26-42-47(52)40-13-5-6-14-41(40)48(42)53/h5-29,47,52H,1-4H3. The molecule has 0 saturated carbocycles. The summed E-state index contributed by atoms with van der Waals surface area (Å²) in [4.78, 5) is 15.6. The zero-order valence-electron chi connectivity index (χ0n) is 30.3. The third-order valence-corrected chi connectivity index (χ3v) is 12.1. The van der Waals surface area contributed by atoms with Crippen molar-refractivity contribution in [2.45, 2.75) is 44.6 Å². The molecule has 0 bridgehead atoms. The van der Waals surface area contributed by atoms with Gasteiger partial charge in [0, 0.05) is 39.0 Å². The number of aliphatic hydroxyl groups is 1. The van der Waals surface area contributed by atoms with Gasteiger partial charge in [0.2, 0.25) is 0 Å². The molecule has 3 aliphatic carbocycles. The maximum atomic E-state index is 13.2. The molecule has 3 nitrogen and oxygen atoms in total. The average molecular weight is 686 g/mol. The third kappa shape index (κ3) is 4.60. The fourth-order valence-electron chi connectivity index (χ4n) is 9.30. The first-order valence-corrected chi connectivity index (χ1v) is 18.5. The Labute approximate surface area is 310 Å². The summed E-state index contributed by atoms with van der Waals surface area (Å²) in [5.41, 5.74) is 16.2. The van der Waals surface area contributed by atoms with E-state index in [2.05, 4.69) is 148 Å². The highest BCUT2D eigenvalue weighted by atomic mass is 16.3. The smallest absolute Gasteiger partial charge is 0.192 e. The number of anilines is 3. The van der Waals surface area contributed by atoms with Crippen LogP contribution in [0.5, 0.6) is 0 Å². The van der Waals surface area contributed by atoms with Crippen molar-refractivity contribution >= 4 is 39.7 Å². The van der Waals surface area contributed by atoms with Crippen molar-refractivity contribution in [1.82, 2.24) is 0 Å². The Morgan fingerprint density at radius 2 is 0.981 bits per heavy atom. The van der Waals surface area contributed by atoms with E-state index < -0.39 is 6.10 Å². The third-order valence-electron chi connectivity index (χ3n) is 12.1. The lowest BCUT2D eigenvalue weighted by Crippen LogP contribution is -2.18. The maximum absolute atomic E-state index is 13.2. The van der Waals surface area contributed by atoms with E-state index in [0.717, 1.165) is 33.4 Å². The van der Waals surface area contributed by atoms with E-state index in [9.17, 15) is 9.90 Å². The van der Waals surface area contributed by atoms with E-state index in [1.54, 1.807) is 6.07 Å². The second kappa shape index (κ2) is 11.2. The van der Waals surface area contributed by atoms with Gasteiger partial charge in [-0.1, -0.05) is 131 Å². The minimum absolute atomic E-state index is 0.111. The fourth-order valence-corrected chi connectivity index (χ4v) is 9.30. The monoisotopic (exact) mass is 685 g/mol. The van der Waals surface area contributed by atoms with Crippen LogP contribution in [0.1, 0.15) is 77.5 Å². The van der Waals surface area contributed by atoms with Crippen LogP contribution in [0.4, 0.5) is 17.1 Å². The molecule has 0 amide bonds. The molecule has 256 valence electrons. The van der Waals surface area contributed by atoms with Crippen molar-refractivity contribution in [2.24, 2.45) is 0 Å². The van der Waals surface area contributed by atoms with Crippen LogP contribution in [0.3, 0.4) is 0 Å². The number of Topliss-reactive ketones (excluding diaryl/α,β-unsaturated/α-hetero) is 1. The molecular formula is C50H39NO2. The fraction of sp³-hybridized carbons (Fsp3) is 0.140. The predicted molar refractivity (Wildman–Crippen MR) is 217 cm³/mol. The molecule has 1 atom stereocenters. The number of carbonyl (C=O) groups excluding carboxylic acids is 1. The Morgan fingerprint density at radius 3 is 1.58 bits per heavy atom. The van der Waals surface area contributed by atoms with Crippen molar-refractivity contribution < 1.29 is 9.90 Å². The molecule has 0 heterocycles. The summed E-state index contributed by atoms with van der Waals surface area (Å²) in [7, 11) is 0. The molecular weight excluding hydrogens is 647 g/mol. The van der Waals surface area contributed by atoms with Gasteiger partial charge in [0.25, 0.3) is 0 Å². The molecule has 0 fully saturated rings. The second-order valence-electron chi connectivity index (χ2n) is 15.8. The minimum atomic E-state index is -0.916. The summed E-state index contributed by atoms with van der Waals surface area (Å²) >= 11 is 0. The van der Waals surface area contributed by atoms with E-state index in [-0.39, 0.29) is 16.6 Å². The molecule has 1 N–H and O–H groups in total. The van der Waals surface area contributed by atoms with Crippen LogP contribution in [-0.2, 0) is 10.8 Å². The van der Waals surface area contributed by atoms with Crippen molar-refractivity contribution in [3.05, 3.63) is 190 Å². The summed E-state index contributed by atoms with van der Waals surface area (Å²) in [6.07, 6.45) is 0.918. The molecule has 0 spiro atoms. The highest BCUT2D eigenvalue weighted by Crippen LogP contribution is 2.53. The number of hydrogen-bond donors (Lipinski definition) is 1. The predicted octanol–water partition coefficient (Wildman–Crippen LogP) is 12.2. The van der Waals surface area contributed by atoms with Crippen LogP contribution in [-0.4, -0.2) is 10.9 Å². The summed E-state index contributed by atoms with van der Waals surface area (Å²) in [5, 5.41) is 13.2. The van der Waals surface area contributed by atoms with Gasteiger partial charge in [-0.3, -0.25) is 4.79 Å². The summed E-state index contributed by atoms with van der Waals surface area (Å²) in [6, 6.07) is 51.7. The Morgan fingerprint density at radius 1 is 0.509 bits per heavy atom. The zero-order chi connectivity index (χ0) is 36.2. The van der Waals surface area contributed by atoms with Crippen LogP contribution < -0.4 is 4.90 Å². The van der Waals surface area contributed by atoms with Crippen LogP contribution >= 0.6 is 0 Å². The van der Waals surface area contributed by atoms with Gasteiger partial charge >= 0.3 is 0 Å². The van der Waals surface area contributed by atoms with Gasteiger partial charge in [0.1, 0.15) is 6.10 Å². The van der Waals surface area contributed by atoms with Gasteiger partial charge in [0.05, 0.1) is 0 Å². The molecule has 3 heteroatoms. The van der Waals surface area contributed by atoms with E-state index in [4.69, 9.17) is 0 Å². The molecule has 0 aliphatic heterocycles. The molecule has 10 rings (SSSR count). The van der Waals surface area contributed by atoms with Gasteiger partial charge in [-0.2, -0.15) is 0 Å². The number of carbonyl (C=O) groups is 1. The molecule has 7 aromatic carbocycles. The van der Waals surface area contributed by atoms with Crippen molar-refractivity contribution in [2.75, 3.05) is 4.90 Å². The lowest BCUT2D eigenvalue weighted by Gasteiger charge is -2.30. The van der Waals surface area contributed by atoms with Crippen molar-refractivity contribution in [1.29, 1.82) is 0 Å². The van der Waals surface area contributed by atoms with Crippen molar-refractivity contribution in [3.63, 3.8) is 0 Å². The van der Waals surface area contributed by atoms with E-state index in [1.165, 1.54) is 44.5 Å². The minimum Gasteiger partial charge on any atom is -0.383 e. The van der Waals surface area contributed by atoms with Crippen LogP contribution in [0, 0.1) is 0 Å². The van der Waals surface area contributed by atoms with E-state index >= 15 is 0 Å². The lowest BCUT2D eigenvalue weighted by atomic mass is 9.82. The van der Waals surface area contributed by atoms with Crippen molar-refractivity contribution in [3.8, 4) is 22.3 Å². The molecule has 3 aliphatic rings. The Bertz CT molecular complexity index is 2620. The molecule has 1 unspecified atom stereocenters. The summed E-state index contributed by atoms with van der Waals surface area (Å²) in [6.45, 7) is 9.34. The van der Waals surface area contributed by atoms with Gasteiger partial charge in [-0.25, -0.2) is 0 Å². The number of nitrogens with zero attached hydrogens (tertiary/aromatic N) is 1. The lowest BCUT2D eigenvalue weighted by molar-refractivity contribution is 0.102. The number of ketones is 1. The van der Waals surface area contributed by atoms with Gasteiger partial charge in [0.15, 0.2) is 5.78 Å². The van der Waals surface area contributed by atoms with E-state index in [0.29, 0.717) is 16.7 Å². The number of fused-ring (bicyclic) bond motifs is 8. The quantitative estimate of drug-likeness (QED) is 0.188. The molecule has 0 radical (unpaired) electrons. The zero-order valence-corrected chi connectivity index (χ0v) is 30.3. The summed E-state index contributed by atoms with van der Waals surface area (Å²) < 4.78 is 0. The highest BCUT2D eigenvalue weighted by molar-refractivity contribution is 6.16. The first kappa shape index (κ1) is 31.7. The Balaban J connectivity index is 1.10. The van der Waals surface area contributed by atoms with Crippen LogP contribution in [0.15, 0.2) is 151 Å². The molecule has 53 heavy (non-hydrogen) atoms. The topological polar surface area (TPSA) is 40.5 Å². The first-order chi connectivity index (χ1) is 25.6. The van der Waals surface area contributed by atoms with Crippen LogP contribution in [0.2, 0.25) is 0 Å². The number of rotatable bonds is 4. The van der Waals surface area contributed by atoms with Gasteiger partial charge in [-0.15, -0.1) is 0 Å². The highest BCUT2D eigenvalue weighted by Gasteiger charge is 2.38. The Hall–Kier alpha value is -6.03. The van der Waals surface area contributed by atoms with Crippen LogP contribution in [0.25, 0.3) is 39.1 Å². The largest absolute Gasteiger partial charge is 0.383 e. The SMILES string of the molecule is CC1(C)c2ccccc2-c2ccc(N(c3ccc4c(c3)C(C)(C)c3ccccc3-4)c3ccc4cc(C=C5C(=O)c6ccccc6C5O)ccc4c3)cc21. The second-order valence-corrected chi connectivity index (χ2v) is 15.8. The molecule has 0 aromatic heterocycles. The maximum Gasteiger partial charge on any atom is 0.192 e. The van der Waals surface area contributed by atoms with E-state index in [1.807, 2.05) is 30.3 Å².